The summed E-state index contributed by atoms with van der Waals surface area (Å²) in [6, 6.07) is 16.5. The van der Waals surface area contributed by atoms with E-state index in [1.54, 1.807) is 56.3 Å². The summed E-state index contributed by atoms with van der Waals surface area (Å²) >= 11 is 0. The third-order valence-electron chi connectivity index (χ3n) is 3.92. The van der Waals surface area contributed by atoms with Crippen molar-refractivity contribution in [3.05, 3.63) is 54.6 Å². The molecule has 6 nitrogen and oxygen atoms in total. The van der Waals surface area contributed by atoms with Crippen LogP contribution in [-0.2, 0) is 14.8 Å². The maximum atomic E-state index is 12.3. The molecule has 0 spiro atoms. The van der Waals surface area contributed by atoms with E-state index < -0.39 is 15.4 Å². The summed E-state index contributed by atoms with van der Waals surface area (Å²) < 4.78 is 27.1. The number of carbonyl (C=O) groups excluding carboxylic acids is 1. The molecule has 0 radical (unpaired) electrons. The molecule has 0 fully saturated rings. The van der Waals surface area contributed by atoms with Gasteiger partial charge in [0.1, 0.15) is 0 Å². The van der Waals surface area contributed by atoms with Gasteiger partial charge in [0, 0.05) is 23.2 Å². The molecule has 0 atom stereocenters. The molecular weight excluding hydrogens is 350 g/mol. The molecule has 0 aromatic heterocycles. The summed E-state index contributed by atoms with van der Waals surface area (Å²) in [4.78, 5) is 12.5. The Balaban J connectivity index is 2.05. The van der Waals surface area contributed by atoms with Crippen molar-refractivity contribution >= 4 is 27.3 Å². The second kappa shape index (κ2) is 8.02. The molecule has 0 saturated heterocycles. The van der Waals surface area contributed by atoms with Gasteiger partial charge in [-0.15, -0.1) is 0 Å². The number of anilines is 2. The molecule has 0 saturated carbocycles. The van der Waals surface area contributed by atoms with Crippen molar-refractivity contribution in [1.82, 2.24) is 0 Å². The maximum Gasteiger partial charge on any atom is 0.261 e. The van der Waals surface area contributed by atoms with E-state index in [2.05, 4.69) is 10.0 Å². The largest absolute Gasteiger partial charge is 0.326 e. The predicted octanol–water partition coefficient (Wildman–Crippen LogP) is 3.76. The summed E-state index contributed by atoms with van der Waals surface area (Å²) in [6.07, 6.45) is 0.769. The number of rotatable bonds is 7. The zero-order valence-corrected chi connectivity index (χ0v) is 15.5. The van der Waals surface area contributed by atoms with Crippen molar-refractivity contribution in [1.29, 1.82) is 5.26 Å². The zero-order chi connectivity index (χ0) is 19.2. The second-order valence-corrected chi connectivity index (χ2v) is 8.17. The molecule has 136 valence electrons. The van der Waals surface area contributed by atoms with Crippen LogP contribution < -0.4 is 10.0 Å². The van der Waals surface area contributed by atoms with Crippen LogP contribution in [-0.4, -0.2) is 14.3 Å². The van der Waals surface area contributed by atoms with Gasteiger partial charge in [0.15, 0.2) is 0 Å². The second-order valence-electron chi connectivity index (χ2n) is 6.49. The fourth-order valence-electron chi connectivity index (χ4n) is 2.22. The zero-order valence-electron chi connectivity index (χ0n) is 14.7. The van der Waals surface area contributed by atoms with Crippen LogP contribution in [0.15, 0.2) is 59.5 Å². The summed E-state index contributed by atoms with van der Waals surface area (Å²) in [5.74, 6) is -0.189. The van der Waals surface area contributed by atoms with E-state index in [0.29, 0.717) is 24.2 Å². The Hall–Kier alpha value is -2.85. The molecule has 1 amide bonds. The van der Waals surface area contributed by atoms with Gasteiger partial charge >= 0.3 is 0 Å². The molecule has 26 heavy (non-hydrogen) atoms. The van der Waals surface area contributed by atoms with Crippen LogP contribution in [0.4, 0.5) is 11.4 Å². The summed E-state index contributed by atoms with van der Waals surface area (Å²) in [5, 5.41) is 11.5. The van der Waals surface area contributed by atoms with Crippen LogP contribution in [0.3, 0.4) is 0 Å². The van der Waals surface area contributed by atoms with Crippen LogP contribution in [0.25, 0.3) is 0 Å². The molecule has 2 rings (SSSR count). The van der Waals surface area contributed by atoms with Crippen LogP contribution in [0, 0.1) is 16.7 Å². The van der Waals surface area contributed by atoms with Gasteiger partial charge in [-0.05, 0) is 42.8 Å². The van der Waals surface area contributed by atoms with Gasteiger partial charge in [-0.3, -0.25) is 9.52 Å². The highest BCUT2D eigenvalue weighted by atomic mass is 32.2. The van der Waals surface area contributed by atoms with Gasteiger partial charge in [0.2, 0.25) is 5.91 Å². The van der Waals surface area contributed by atoms with E-state index in [-0.39, 0.29) is 10.8 Å². The molecule has 0 aliphatic carbocycles. The number of nitriles is 1. The standard InChI is InChI=1S/C19H21N3O3S/c1-19(2,13-6-14-20)18(23)21-15-9-11-16(12-10-15)22-26(24,25)17-7-4-3-5-8-17/h3-5,7-12,22H,6,13H2,1-2H3,(H,21,23). The number of sulfonamides is 1. The lowest BCUT2D eigenvalue weighted by Gasteiger charge is -2.22. The smallest absolute Gasteiger partial charge is 0.261 e. The molecule has 2 aromatic rings. The number of hydrogen-bond acceptors (Lipinski definition) is 4. The van der Waals surface area contributed by atoms with E-state index in [0.717, 1.165) is 0 Å². The molecule has 0 aliphatic heterocycles. The first-order chi connectivity index (χ1) is 12.2. The van der Waals surface area contributed by atoms with E-state index in [4.69, 9.17) is 5.26 Å². The minimum absolute atomic E-state index is 0.177. The predicted molar refractivity (Wildman–Crippen MR) is 101 cm³/mol. The molecule has 2 aromatic carbocycles. The van der Waals surface area contributed by atoms with Gasteiger partial charge in [-0.2, -0.15) is 5.26 Å². The summed E-state index contributed by atoms with van der Waals surface area (Å²) in [7, 11) is -3.65. The van der Waals surface area contributed by atoms with Crippen molar-refractivity contribution in [2.75, 3.05) is 10.0 Å². The Morgan fingerprint density at radius 3 is 2.19 bits per heavy atom. The highest BCUT2D eigenvalue weighted by Crippen LogP contribution is 2.25. The Morgan fingerprint density at radius 2 is 1.62 bits per heavy atom. The Labute approximate surface area is 153 Å². The van der Waals surface area contributed by atoms with Crippen molar-refractivity contribution < 1.29 is 13.2 Å². The first kappa shape index (κ1) is 19.5. The van der Waals surface area contributed by atoms with Crippen LogP contribution >= 0.6 is 0 Å². The number of benzene rings is 2. The molecule has 7 heteroatoms. The minimum Gasteiger partial charge on any atom is -0.326 e. The lowest BCUT2D eigenvalue weighted by Crippen LogP contribution is -2.30. The van der Waals surface area contributed by atoms with Crippen molar-refractivity contribution in [2.45, 2.75) is 31.6 Å². The lowest BCUT2D eigenvalue weighted by molar-refractivity contribution is -0.124. The van der Waals surface area contributed by atoms with Gasteiger partial charge in [0.25, 0.3) is 10.0 Å². The van der Waals surface area contributed by atoms with E-state index in [1.807, 2.05) is 6.07 Å². The fraction of sp³-hybridized carbons (Fsp3) is 0.263. The van der Waals surface area contributed by atoms with Crippen molar-refractivity contribution in [3.8, 4) is 6.07 Å². The quantitative estimate of drug-likeness (QED) is 0.774. The first-order valence-electron chi connectivity index (χ1n) is 8.11. The molecule has 0 bridgehead atoms. The van der Waals surface area contributed by atoms with Crippen molar-refractivity contribution in [3.63, 3.8) is 0 Å². The van der Waals surface area contributed by atoms with Crippen LogP contribution in [0.2, 0.25) is 0 Å². The minimum atomic E-state index is -3.65. The number of nitrogens with one attached hydrogen (secondary N) is 2. The SMILES string of the molecule is CC(C)(CCC#N)C(=O)Nc1ccc(NS(=O)(=O)c2ccccc2)cc1. The summed E-state index contributed by atoms with van der Waals surface area (Å²) in [5.41, 5.74) is 0.293. The highest BCUT2D eigenvalue weighted by Gasteiger charge is 2.27. The average Bonchev–Trinajstić information content (AvgIpc) is 2.62. The third kappa shape index (κ3) is 5.07. The lowest BCUT2D eigenvalue weighted by atomic mass is 9.87. The van der Waals surface area contributed by atoms with E-state index in [1.165, 1.54) is 12.1 Å². The topological polar surface area (TPSA) is 99.1 Å². The average molecular weight is 371 g/mol. The summed E-state index contributed by atoms with van der Waals surface area (Å²) in [6.45, 7) is 3.56. The number of nitrogens with zero attached hydrogens (tertiary/aromatic N) is 1. The van der Waals surface area contributed by atoms with Gasteiger partial charge < -0.3 is 5.32 Å². The Bertz CT molecular complexity index is 899. The fourth-order valence-corrected chi connectivity index (χ4v) is 3.30. The highest BCUT2D eigenvalue weighted by molar-refractivity contribution is 7.92. The number of hydrogen-bond donors (Lipinski definition) is 2. The molecule has 2 N–H and O–H groups in total. The Kier molecular flexibility index (Phi) is 6.01. The van der Waals surface area contributed by atoms with Crippen molar-refractivity contribution in [2.24, 2.45) is 5.41 Å². The molecule has 0 heterocycles. The molecule has 0 unspecified atom stereocenters. The van der Waals surface area contributed by atoms with Gasteiger partial charge in [-0.1, -0.05) is 32.0 Å². The number of amides is 1. The molecule has 0 aliphatic rings. The normalized spacial score (nSPS) is 11.4. The monoisotopic (exact) mass is 371 g/mol. The number of carbonyl (C=O) groups is 1. The maximum absolute atomic E-state index is 12.3. The first-order valence-corrected chi connectivity index (χ1v) is 9.59. The Morgan fingerprint density at radius 1 is 1.04 bits per heavy atom. The van der Waals surface area contributed by atoms with Gasteiger partial charge in [-0.25, -0.2) is 8.42 Å². The molecular formula is C19H21N3O3S. The van der Waals surface area contributed by atoms with Crippen LogP contribution in [0.1, 0.15) is 26.7 Å². The van der Waals surface area contributed by atoms with E-state index in [9.17, 15) is 13.2 Å². The van der Waals surface area contributed by atoms with Crippen LogP contribution in [0.5, 0.6) is 0 Å². The van der Waals surface area contributed by atoms with Gasteiger partial charge in [0.05, 0.1) is 11.0 Å². The van der Waals surface area contributed by atoms with E-state index >= 15 is 0 Å². The third-order valence-corrected chi connectivity index (χ3v) is 5.32.